The summed E-state index contributed by atoms with van der Waals surface area (Å²) in [4.78, 5) is 38.7. The first-order valence-corrected chi connectivity index (χ1v) is 5.85. The highest BCUT2D eigenvalue weighted by molar-refractivity contribution is 5.95. The van der Waals surface area contributed by atoms with E-state index in [-0.39, 0.29) is 25.1 Å². The third-order valence-electron chi connectivity index (χ3n) is 3.30. The second-order valence-electron chi connectivity index (χ2n) is 4.82. The lowest BCUT2D eigenvalue weighted by Crippen LogP contribution is -2.50. The van der Waals surface area contributed by atoms with Crippen molar-refractivity contribution in [1.82, 2.24) is 9.88 Å². The molecule has 1 fully saturated rings. The number of pyridine rings is 1. The predicted molar refractivity (Wildman–Crippen MR) is 66.9 cm³/mol. The first kappa shape index (κ1) is 13.3. The molecule has 0 aliphatic carbocycles. The molecule has 4 N–H and O–H groups in total. The van der Waals surface area contributed by atoms with Gasteiger partial charge in [-0.25, -0.2) is 0 Å². The lowest BCUT2D eigenvalue weighted by atomic mass is 10.0. The molecule has 7 nitrogen and oxygen atoms in total. The van der Waals surface area contributed by atoms with Gasteiger partial charge in [0.25, 0.3) is 11.5 Å². The maximum Gasteiger partial charge on any atom is 0.325 e. The number of aromatic nitrogens is 1. The fraction of sp³-hybridized carbons (Fsp3) is 0.417. The fourth-order valence-corrected chi connectivity index (χ4v) is 2.09. The third-order valence-corrected chi connectivity index (χ3v) is 3.30. The van der Waals surface area contributed by atoms with Gasteiger partial charge in [-0.1, -0.05) is 0 Å². The minimum absolute atomic E-state index is 0.000221. The summed E-state index contributed by atoms with van der Waals surface area (Å²) in [6.07, 6.45) is 0.178. The van der Waals surface area contributed by atoms with E-state index in [4.69, 9.17) is 10.8 Å². The molecule has 1 amide bonds. The van der Waals surface area contributed by atoms with Crippen molar-refractivity contribution in [2.75, 3.05) is 13.1 Å². The third kappa shape index (κ3) is 2.37. The van der Waals surface area contributed by atoms with Gasteiger partial charge in [-0.3, -0.25) is 14.4 Å². The fourth-order valence-electron chi connectivity index (χ4n) is 2.09. The Morgan fingerprint density at radius 2 is 2.16 bits per heavy atom. The van der Waals surface area contributed by atoms with E-state index in [1.54, 1.807) is 13.0 Å². The Balaban J connectivity index is 2.23. The zero-order chi connectivity index (χ0) is 14.2. The van der Waals surface area contributed by atoms with Gasteiger partial charge in [0.05, 0.1) is 0 Å². The molecule has 0 aromatic carbocycles. The second kappa shape index (κ2) is 4.51. The van der Waals surface area contributed by atoms with E-state index in [2.05, 4.69) is 4.98 Å². The smallest absolute Gasteiger partial charge is 0.325 e. The minimum atomic E-state index is -1.42. The van der Waals surface area contributed by atoms with Crippen LogP contribution in [0, 0.1) is 6.92 Å². The highest BCUT2D eigenvalue weighted by atomic mass is 16.4. The number of hydrogen-bond donors (Lipinski definition) is 3. The van der Waals surface area contributed by atoms with Gasteiger partial charge in [0.15, 0.2) is 0 Å². The van der Waals surface area contributed by atoms with Gasteiger partial charge >= 0.3 is 5.97 Å². The Bertz CT molecular complexity index is 595. The molecule has 19 heavy (non-hydrogen) atoms. The number of carbonyl (C=O) groups excluding carboxylic acids is 1. The Labute approximate surface area is 109 Å². The van der Waals surface area contributed by atoms with Crippen molar-refractivity contribution in [3.8, 4) is 0 Å². The number of rotatable bonds is 2. The van der Waals surface area contributed by atoms with E-state index in [0.717, 1.165) is 0 Å². The molecule has 1 aliphatic heterocycles. The van der Waals surface area contributed by atoms with Crippen LogP contribution in [0.2, 0.25) is 0 Å². The number of aromatic amines is 1. The molecule has 0 spiro atoms. The Morgan fingerprint density at radius 3 is 2.68 bits per heavy atom. The number of amides is 1. The van der Waals surface area contributed by atoms with Crippen LogP contribution in [-0.4, -0.2) is 45.5 Å². The monoisotopic (exact) mass is 265 g/mol. The molecule has 2 heterocycles. The summed E-state index contributed by atoms with van der Waals surface area (Å²) in [7, 11) is 0. The van der Waals surface area contributed by atoms with Crippen molar-refractivity contribution in [3.05, 3.63) is 33.7 Å². The van der Waals surface area contributed by atoms with Gasteiger partial charge in [-0.05, 0) is 25.5 Å². The molecule has 2 rings (SSSR count). The molecule has 1 atom stereocenters. The highest BCUT2D eigenvalue weighted by Crippen LogP contribution is 2.20. The topological polar surface area (TPSA) is 116 Å². The summed E-state index contributed by atoms with van der Waals surface area (Å²) in [6.45, 7) is 1.85. The summed E-state index contributed by atoms with van der Waals surface area (Å²) in [5.41, 5.74) is 4.45. The van der Waals surface area contributed by atoms with E-state index in [1.807, 2.05) is 0 Å². The Kier molecular flexibility index (Phi) is 3.15. The SMILES string of the molecule is Cc1ccc(C(=O)N2CCC(N)(C(=O)O)C2)c(=O)[nH]1. The number of nitrogens with one attached hydrogen (secondary N) is 1. The van der Waals surface area contributed by atoms with E-state index < -0.39 is 23.0 Å². The van der Waals surface area contributed by atoms with Crippen molar-refractivity contribution in [2.45, 2.75) is 18.9 Å². The largest absolute Gasteiger partial charge is 0.480 e. The number of aliphatic carboxylic acids is 1. The molecule has 1 aliphatic rings. The number of hydrogen-bond acceptors (Lipinski definition) is 4. The van der Waals surface area contributed by atoms with Crippen molar-refractivity contribution in [2.24, 2.45) is 5.73 Å². The molecule has 1 saturated heterocycles. The van der Waals surface area contributed by atoms with Crippen LogP contribution < -0.4 is 11.3 Å². The molecule has 0 bridgehead atoms. The minimum Gasteiger partial charge on any atom is -0.480 e. The van der Waals surface area contributed by atoms with Crippen LogP contribution in [0.15, 0.2) is 16.9 Å². The van der Waals surface area contributed by atoms with E-state index in [0.29, 0.717) is 5.69 Å². The number of carbonyl (C=O) groups is 2. The number of nitrogens with two attached hydrogens (primary N) is 1. The predicted octanol–water partition coefficient (Wildman–Crippen LogP) is -0.689. The van der Waals surface area contributed by atoms with Crippen molar-refractivity contribution >= 4 is 11.9 Å². The number of likely N-dealkylation sites (tertiary alicyclic amines) is 1. The Hall–Kier alpha value is -2.15. The van der Waals surface area contributed by atoms with Gasteiger partial charge in [-0.2, -0.15) is 0 Å². The molecule has 1 aromatic rings. The van der Waals surface area contributed by atoms with Gasteiger partial charge in [0.1, 0.15) is 11.1 Å². The number of aryl methyl sites for hydroxylation is 1. The van der Waals surface area contributed by atoms with E-state index in [9.17, 15) is 14.4 Å². The van der Waals surface area contributed by atoms with Crippen LogP contribution in [0.4, 0.5) is 0 Å². The highest BCUT2D eigenvalue weighted by Gasteiger charge is 2.43. The molecule has 1 unspecified atom stereocenters. The van der Waals surface area contributed by atoms with Gasteiger partial charge in [0.2, 0.25) is 0 Å². The van der Waals surface area contributed by atoms with Crippen LogP contribution >= 0.6 is 0 Å². The molecule has 102 valence electrons. The quantitative estimate of drug-likeness (QED) is 0.654. The molecule has 0 radical (unpaired) electrons. The molecular weight excluding hydrogens is 250 g/mol. The molecular formula is C12H15N3O4. The van der Waals surface area contributed by atoms with Crippen LogP contribution in [0.1, 0.15) is 22.5 Å². The number of carboxylic acids is 1. The normalized spacial score (nSPS) is 22.5. The summed E-state index contributed by atoms with van der Waals surface area (Å²) in [5, 5.41) is 9.00. The van der Waals surface area contributed by atoms with Crippen molar-refractivity contribution < 1.29 is 14.7 Å². The lowest BCUT2D eigenvalue weighted by Gasteiger charge is -2.19. The van der Waals surface area contributed by atoms with Crippen molar-refractivity contribution in [1.29, 1.82) is 0 Å². The maximum absolute atomic E-state index is 12.1. The summed E-state index contributed by atoms with van der Waals surface area (Å²) < 4.78 is 0. The summed E-state index contributed by atoms with van der Waals surface area (Å²) in [5.74, 6) is -1.63. The summed E-state index contributed by atoms with van der Waals surface area (Å²) >= 11 is 0. The van der Waals surface area contributed by atoms with Gasteiger partial charge in [0, 0.05) is 18.8 Å². The zero-order valence-electron chi connectivity index (χ0n) is 10.5. The van der Waals surface area contributed by atoms with Gasteiger partial charge in [-0.15, -0.1) is 0 Å². The number of H-pyrrole nitrogens is 1. The van der Waals surface area contributed by atoms with Gasteiger partial charge < -0.3 is 20.7 Å². The van der Waals surface area contributed by atoms with Crippen LogP contribution in [0.25, 0.3) is 0 Å². The van der Waals surface area contributed by atoms with Crippen LogP contribution in [0.3, 0.4) is 0 Å². The number of carboxylic acid groups (broad SMARTS) is 1. The second-order valence-corrected chi connectivity index (χ2v) is 4.82. The Morgan fingerprint density at radius 1 is 1.47 bits per heavy atom. The van der Waals surface area contributed by atoms with E-state index in [1.165, 1.54) is 11.0 Å². The van der Waals surface area contributed by atoms with E-state index >= 15 is 0 Å². The average Bonchev–Trinajstić information content (AvgIpc) is 2.73. The van der Waals surface area contributed by atoms with Crippen LogP contribution in [-0.2, 0) is 4.79 Å². The van der Waals surface area contributed by atoms with Crippen molar-refractivity contribution in [3.63, 3.8) is 0 Å². The lowest BCUT2D eigenvalue weighted by molar-refractivity contribution is -0.142. The molecule has 7 heteroatoms. The first-order valence-electron chi connectivity index (χ1n) is 5.85. The molecule has 1 aromatic heterocycles. The maximum atomic E-state index is 12.1. The number of nitrogens with zero attached hydrogens (tertiary/aromatic N) is 1. The zero-order valence-corrected chi connectivity index (χ0v) is 10.5. The van der Waals surface area contributed by atoms with Crippen LogP contribution in [0.5, 0.6) is 0 Å². The summed E-state index contributed by atoms with van der Waals surface area (Å²) in [6, 6.07) is 3.06. The average molecular weight is 265 g/mol. The molecule has 0 saturated carbocycles. The first-order chi connectivity index (χ1) is 8.83. The standard InChI is InChI=1S/C12H15N3O4/c1-7-2-3-8(9(16)14-7)10(17)15-5-4-12(13,6-15)11(18)19/h2-3H,4-6,13H2,1H3,(H,14,16)(H,18,19).